The number of benzene rings is 1. The van der Waals surface area contributed by atoms with Crippen LogP contribution in [0.2, 0.25) is 18.1 Å². The molecule has 2 fully saturated rings. The molecule has 1 aliphatic heterocycles. The van der Waals surface area contributed by atoms with Crippen LogP contribution in [0.1, 0.15) is 63.2 Å². The van der Waals surface area contributed by atoms with Crippen molar-refractivity contribution in [3.63, 3.8) is 0 Å². The molecule has 4 nitrogen and oxygen atoms in total. The molecule has 6 heteroatoms. The zero-order chi connectivity index (χ0) is 22.1. The first-order valence-electron chi connectivity index (χ1n) is 11.5. The Morgan fingerprint density at radius 2 is 1.70 bits per heavy atom. The third kappa shape index (κ3) is 5.20. The van der Waals surface area contributed by atoms with Gasteiger partial charge in [0.15, 0.2) is 8.32 Å². The van der Waals surface area contributed by atoms with Crippen LogP contribution < -0.4 is 0 Å². The summed E-state index contributed by atoms with van der Waals surface area (Å²) >= 11 is 3.47. The third-order valence-electron chi connectivity index (χ3n) is 7.49. The molecular weight excluding hydrogens is 456 g/mol. The van der Waals surface area contributed by atoms with Crippen LogP contribution in [-0.2, 0) is 4.43 Å². The van der Waals surface area contributed by atoms with Crippen LogP contribution in [0, 0.1) is 0 Å². The first kappa shape index (κ1) is 24.0. The van der Waals surface area contributed by atoms with Crippen molar-refractivity contribution in [2.75, 3.05) is 20.1 Å². The zero-order valence-electron chi connectivity index (χ0n) is 19.6. The van der Waals surface area contributed by atoms with E-state index < -0.39 is 8.32 Å². The van der Waals surface area contributed by atoms with Gasteiger partial charge in [-0.05, 0) is 87.6 Å². The quantitative estimate of drug-likeness (QED) is 0.475. The number of halogens is 1. The summed E-state index contributed by atoms with van der Waals surface area (Å²) in [6.07, 6.45) is 5.98. The molecule has 1 saturated heterocycles. The van der Waals surface area contributed by atoms with Crippen molar-refractivity contribution >= 4 is 30.2 Å². The number of nitrogens with zero attached hydrogens (tertiary/aromatic N) is 2. The number of likely N-dealkylation sites (N-methyl/N-ethyl adjacent to an activating group) is 1. The fraction of sp³-hybridized carbons (Fsp3) is 0.708. The van der Waals surface area contributed by atoms with E-state index in [9.17, 15) is 4.79 Å². The molecule has 1 saturated carbocycles. The van der Waals surface area contributed by atoms with Gasteiger partial charge in [0.1, 0.15) is 0 Å². The molecule has 1 aromatic rings. The molecule has 0 aromatic heterocycles. The van der Waals surface area contributed by atoms with Crippen LogP contribution in [-0.4, -0.2) is 62.3 Å². The van der Waals surface area contributed by atoms with Gasteiger partial charge in [-0.2, -0.15) is 0 Å². The topological polar surface area (TPSA) is 32.8 Å². The molecule has 3 rings (SSSR count). The summed E-state index contributed by atoms with van der Waals surface area (Å²) in [5.41, 5.74) is 0.758. The maximum absolute atomic E-state index is 13.3. The molecule has 1 aliphatic carbocycles. The van der Waals surface area contributed by atoms with E-state index in [-0.39, 0.29) is 23.1 Å². The van der Waals surface area contributed by atoms with Crippen LogP contribution in [0.5, 0.6) is 0 Å². The van der Waals surface area contributed by atoms with Crippen molar-refractivity contribution in [2.45, 2.75) is 89.2 Å². The molecule has 0 spiro atoms. The number of hydrogen-bond donors (Lipinski definition) is 0. The molecule has 168 valence electrons. The summed E-state index contributed by atoms with van der Waals surface area (Å²) in [6.45, 7) is 13.9. The predicted molar refractivity (Wildman–Crippen MR) is 131 cm³/mol. The van der Waals surface area contributed by atoms with Gasteiger partial charge >= 0.3 is 0 Å². The van der Waals surface area contributed by atoms with E-state index >= 15 is 0 Å². The molecular formula is C24H39BrN2O2Si. The second-order valence-electron chi connectivity index (χ2n) is 10.6. The lowest BCUT2D eigenvalue weighted by Gasteiger charge is -2.50. The Hall–Kier alpha value is -0.693. The largest absolute Gasteiger partial charge is 0.412 e. The Bertz CT molecular complexity index is 726. The Morgan fingerprint density at radius 3 is 2.27 bits per heavy atom. The molecule has 0 N–H and O–H groups in total. The van der Waals surface area contributed by atoms with Crippen molar-refractivity contribution in [3.8, 4) is 0 Å². The van der Waals surface area contributed by atoms with Crippen LogP contribution in [0.3, 0.4) is 0 Å². The second kappa shape index (κ2) is 9.43. The summed E-state index contributed by atoms with van der Waals surface area (Å²) in [7, 11) is 0.111. The monoisotopic (exact) mass is 494 g/mol. The highest BCUT2D eigenvalue weighted by atomic mass is 79.9. The van der Waals surface area contributed by atoms with Gasteiger partial charge in [-0.3, -0.25) is 9.69 Å². The number of rotatable bonds is 5. The standard InChI is InChI=1S/C24H39BrN2O2Si/c1-24(2,3)30(5,6)29-21-11-9-10-20(22(21)27-16-7-8-17-27)26(4)23(28)18-12-14-19(25)15-13-18/h12-15,20-22H,7-11,16-17H2,1-6H3. The maximum Gasteiger partial charge on any atom is 0.253 e. The van der Waals surface area contributed by atoms with E-state index in [1.165, 1.54) is 12.8 Å². The average Bonchev–Trinajstić information content (AvgIpc) is 3.20. The SMILES string of the molecule is CN(C(=O)c1ccc(Br)cc1)C1CCCC(O[Si](C)(C)C(C)(C)C)C1N1CCCC1. The van der Waals surface area contributed by atoms with Gasteiger partial charge in [0, 0.05) is 23.1 Å². The first-order valence-corrected chi connectivity index (χ1v) is 15.2. The summed E-state index contributed by atoms with van der Waals surface area (Å²) in [5, 5.41) is 0.189. The first-order chi connectivity index (χ1) is 14.0. The van der Waals surface area contributed by atoms with Crippen LogP contribution in [0.4, 0.5) is 0 Å². The van der Waals surface area contributed by atoms with Crippen molar-refractivity contribution in [1.29, 1.82) is 0 Å². The van der Waals surface area contributed by atoms with E-state index in [4.69, 9.17) is 4.43 Å². The molecule has 3 unspecified atom stereocenters. The van der Waals surface area contributed by atoms with E-state index in [2.05, 4.69) is 54.7 Å². The van der Waals surface area contributed by atoms with Crippen molar-refractivity contribution in [1.82, 2.24) is 9.80 Å². The third-order valence-corrected chi connectivity index (χ3v) is 12.5. The highest BCUT2D eigenvalue weighted by molar-refractivity contribution is 9.10. The van der Waals surface area contributed by atoms with Gasteiger partial charge in [-0.1, -0.05) is 36.7 Å². The summed E-state index contributed by atoms with van der Waals surface area (Å²) in [4.78, 5) is 18.0. The van der Waals surface area contributed by atoms with E-state index in [1.54, 1.807) is 0 Å². The van der Waals surface area contributed by atoms with E-state index in [0.29, 0.717) is 6.04 Å². The molecule has 1 heterocycles. The van der Waals surface area contributed by atoms with Crippen molar-refractivity contribution in [2.24, 2.45) is 0 Å². The molecule has 2 aliphatic rings. The molecule has 1 aromatic carbocycles. The van der Waals surface area contributed by atoms with Gasteiger partial charge in [0.05, 0.1) is 12.1 Å². The van der Waals surface area contributed by atoms with Gasteiger partial charge in [0.2, 0.25) is 0 Å². The molecule has 3 atom stereocenters. The number of likely N-dealkylation sites (tertiary alicyclic amines) is 1. The summed E-state index contributed by atoms with van der Waals surface area (Å²) in [5.74, 6) is 0.115. The smallest absolute Gasteiger partial charge is 0.253 e. The zero-order valence-corrected chi connectivity index (χ0v) is 22.2. The van der Waals surface area contributed by atoms with Crippen LogP contribution in [0.25, 0.3) is 0 Å². The lowest BCUT2D eigenvalue weighted by molar-refractivity contribution is -0.0108. The highest BCUT2D eigenvalue weighted by Gasteiger charge is 2.46. The van der Waals surface area contributed by atoms with E-state index in [0.717, 1.165) is 42.4 Å². The van der Waals surface area contributed by atoms with Crippen LogP contribution in [0.15, 0.2) is 28.7 Å². The summed E-state index contributed by atoms with van der Waals surface area (Å²) in [6, 6.07) is 8.22. The van der Waals surface area contributed by atoms with Gasteiger partial charge in [-0.25, -0.2) is 0 Å². The number of amides is 1. The normalized spacial score (nSPS) is 26.0. The Morgan fingerprint density at radius 1 is 1.10 bits per heavy atom. The Labute approximate surface area is 192 Å². The fourth-order valence-corrected chi connectivity index (χ4v) is 6.32. The minimum atomic E-state index is -1.88. The molecule has 30 heavy (non-hydrogen) atoms. The Balaban J connectivity index is 1.86. The highest BCUT2D eigenvalue weighted by Crippen LogP contribution is 2.41. The van der Waals surface area contributed by atoms with E-state index in [1.807, 2.05) is 36.2 Å². The lowest BCUT2D eigenvalue weighted by atomic mass is 9.85. The lowest BCUT2D eigenvalue weighted by Crippen LogP contribution is -2.61. The molecule has 0 radical (unpaired) electrons. The predicted octanol–water partition coefficient (Wildman–Crippen LogP) is 5.93. The number of carbonyl (C=O) groups is 1. The second-order valence-corrected chi connectivity index (χ2v) is 16.2. The van der Waals surface area contributed by atoms with Gasteiger partial charge < -0.3 is 9.33 Å². The Kier molecular flexibility index (Phi) is 7.53. The minimum absolute atomic E-state index is 0.115. The molecule has 0 bridgehead atoms. The minimum Gasteiger partial charge on any atom is -0.412 e. The van der Waals surface area contributed by atoms with Crippen molar-refractivity contribution < 1.29 is 9.22 Å². The van der Waals surface area contributed by atoms with Gasteiger partial charge in [0.25, 0.3) is 5.91 Å². The van der Waals surface area contributed by atoms with Crippen LogP contribution >= 0.6 is 15.9 Å². The maximum atomic E-state index is 13.3. The number of hydrogen-bond acceptors (Lipinski definition) is 3. The number of carbonyl (C=O) groups excluding carboxylic acids is 1. The van der Waals surface area contributed by atoms with Gasteiger partial charge in [-0.15, -0.1) is 0 Å². The fourth-order valence-electron chi connectivity index (χ4n) is 4.69. The summed E-state index contributed by atoms with van der Waals surface area (Å²) < 4.78 is 8.00. The van der Waals surface area contributed by atoms with Crippen molar-refractivity contribution in [3.05, 3.63) is 34.3 Å². The average molecular weight is 496 g/mol. The molecule has 1 amide bonds.